The number of nitrogens with zero attached hydrogens (tertiary/aromatic N) is 1. The molecule has 1 unspecified atom stereocenters. The molecule has 0 aromatic rings. The summed E-state index contributed by atoms with van der Waals surface area (Å²) in [7, 11) is 1.72. The van der Waals surface area contributed by atoms with Gasteiger partial charge in [0.25, 0.3) is 0 Å². The van der Waals surface area contributed by atoms with E-state index in [-0.39, 0.29) is 5.60 Å². The fourth-order valence-electron chi connectivity index (χ4n) is 1.85. The van der Waals surface area contributed by atoms with E-state index in [1.165, 1.54) is 0 Å². The summed E-state index contributed by atoms with van der Waals surface area (Å²) in [6, 6.07) is 2.66. The Balaban J connectivity index is 3.77. The summed E-state index contributed by atoms with van der Waals surface area (Å²) in [5.41, 5.74) is -0.580. The molecule has 0 aliphatic carbocycles. The molecular weight excluding hydrogens is 240 g/mol. The Morgan fingerprint density at radius 1 is 1.16 bits per heavy atom. The normalized spacial score (nSPS) is 15.3. The first-order valence-corrected chi connectivity index (χ1v) is 7.06. The third-order valence-corrected chi connectivity index (χ3v) is 3.22. The summed E-state index contributed by atoms with van der Waals surface area (Å²) >= 11 is 0. The highest BCUT2D eigenvalue weighted by molar-refractivity contribution is 5.04. The lowest BCUT2D eigenvalue weighted by Crippen LogP contribution is -2.45. The van der Waals surface area contributed by atoms with Gasteiger partial charge in [-0.1, -0.05) is 0 Å². The number of nitrogens with one attached hydrogen (secondary N) is 1. The SMILES string of the molecule is COC(C)(C)CCOCCCC(C)(C#N)NC(C)C. The lowest BCUT2D eigenvalue weighted by Gasteiger charge is -2.26. The molecule has 0 saturated heterocycles. The molecule has 0 spiro atoms. The molecule has 19 heavy (non-hydrogen) atoms. The highest BCUT2D eigenvalue weighted by Gasteiger charge is 2.23. The largest absolute Gasteiger partial charge is 0.381 e. The van der Waals surface area contributed by atoms with Crippen molar-refractivity contribution in [3.63, 3.8) is 0 Å². The number of hydrogen-bond donors (Lipinski definition) is 1. The van der Waals surface area contributed by atoms with Crippen molar-refractivity contribution in [2.24, 2.45) is 0 Å². The second-order valence-electron chi connectivity index (χ2n) is 6.17. The Labute approximate surface area is 118 Å². The van der Waals surface area contributed by atoms with E-state index < -0.39 is 5.54 Å². The summed E-state index contributed by atoms with van der Waals surface area (Å²) in [6.45, 7) is 11.5. The molecule has 0 aliphatic heterocycles. The van der Waals surface area contributed by atoms with Crippen LogP contribution in [0.25, 0.3) is 0 Å². The minimum Gasteiger partial charge on any atom is -0.381 e. The average molecular weight is 270 g/mol. The van der Waals surface area contributed by atoms with Crippen LogP contribution >= 0.6 is 0 Å². The first-order chi connectivity index (χ1) is 8.74. The zero-order valence-electron chi connectivity index (χ0n) is 13.4. The van der Waals surface area contributed by atoms with Crippen molar-refractivity contribution < 1.29 is 9.47 Å². The molecule has 1 atom stereocenters. The van der Waals surface area contributed by atoms with Gasteiger partial charge in [0.2, 0.25) is 0 Å². The van der Waals surface area contributed by atoms with Gasteiger partial charge in [0, 0.05) is 26.4 Å². The molecule has 0 amide bonds. The molecule has 4 nitrogen and oxygen atoms in total. The highest BCUT2D eigenvalue weighted by Crippen LogP contribution is 2.14. The molecule has 112 valence electrons. The summed E-state index contributed by atoms with van der Waals surface area (Å²) in [5.74, 6) is 0. The van der Waals surface area contributed by atoms with Gasteiger partial charge in [-0.15, -0.1) is 0 Å². The van der Waals surface area contributed by atoms with Crippen LogP contribution in [0, 0.1) is 11.3 Å². The van der Waals surface area contributed by atoms with Crippen LogP contribution in [0.15, 0.2) is 0 Å². The Morgan fingerprint density at radius 3 is 2.26 bits per heavy atom. The Kier molecular flexibility index (Phi) is 8.24. The van der Waals surface area contributed by atoms with Crippen molar-refractivity contribution in [2.75, 3.05) is 20.3 Å². The van der Waals surface area contributed by atoms with Gasteiger partial charge in [-0.05, 0) is 53.9 Å². The smallest absolute Gasteiger partial charge is 0.104 e. The Bertz CT molecular complexity index is 284. The van der Waals surface area contributed by atoms with Crippen molar-refractivity contribution in [1.29, 1.82) is 5.26 Å². The minimum atomic E-state index is -0.455. The van der Waals surface area contributed by atoms with Crippen molar-refractivity contribution in [3.8, 4) is 6.07 Å². The number of rotatable bonds is 10. The van der Waals surface area contributed by atoms with Gasteiger partial charge in [-0.25, -0.2) is 0 Å². The number of nitriles is 1. The Morgan fingerprint density at radius 2 is 1.79 bits per heavy atom. The third kappa shape index (κ3) is 8.99. The summed E-state index contributed by atoms with van der Waals surface area (Å²) < 4.78 is 10.9. The molecule has 0 fully saturated rings. The van der Waals surface area contributed by atoms with Crippen LogP contribution in [-0.4, -0.2) is 37.5 Å². The molecule has 0 bridgehead atoms. The number of ether oxygens (including phenoxy) is 2. The van der Waals surface area contributed by atoms with Gasteiger partial charge >= 0.3 is 0 Å². The average Bonchev–Trinajstić information content (AvgIpc) is 2.32. The molecule has 0 saturated carbocycles. The van der Waals surface area contributed by atoms with E-state index in [1.807, 2.05) is 6.92 Å². The summed E-state index contributed by atoms with van der Waals surface area (Å²) in [6.07, 6.45) is 2.57. The first-order valence-electron chi connectivity index (χ1n) is 7.06. The Hall–Kier alpha value is -0.630. The van der Waals surface area contributed by atoms with E-state index in [0.29, 0.717) is 19.3 Å². The van der Waals surface area contributed by atoms with E-state index in [0.717, 1.165) is 19.3 Å². The van der Waals surface area contributed by atoms with Gasteiger partial charge in [0.15, 0.2) is 0 Å². The van der Waals surface area contributed by atoms with E-state index in [2.05, 4.69) is 39.1 Å². The van der Waals surface area contributed by atoms with E-state index >= 15 is 0 Å². The van der Waals surface area contributed by atoms with Crippen molar-refractivity contribution in [2.45, 2.75) is 71.1 Å². The topological polar surface area (TPSA) is 54.3 Å². The van der Waals surface area contributed by atoms with Gasteiger partial charge < -0.3 is 9.47 Å². The van der Waals surface area contributed by atoms with Crippen LogP contribution in [0.4, 0.5) is 0 Å². The van der Waals surface area contributed by atoms with Crippen LogP contribution in [0.1, 0.15) is 53.9 Å². The summed E-state index contributed by atoms with van der Waals surface area (Å²) in [5, 5.41) is 12.5. The monoisotopic (exact) mass is 270 g/mol. The number of methoxy groups -OCH3 is 1. The molecule has 1 N–H and O–H groups in total. The van der Waals surface area contributed by atoms with Gasteiger partial charge in [-0.2, -0.15) is 5.26 Å². The second-order valence-corrected chi connectivity index (χ2v) is 6.17. The summed E-state index contributed by atoms with van der Waals surface area (Å²) in [4.78, 5) is 0. The maximum atomic E-state index is 9.21. The maximum absolute atomic E-state index is 9.21. The van der Waals surface area contributed by atoms with Gasteiger partial charge in [-0.3, -0.25) is 5.32 Å². The lowest BCUT2D eigenvalue weighted by atomic mass is 9.97. The standard InChI is InChI=1S/C15H30N2O2/c1-13(2)17-15(5,12-16)8-7-10-19-11-9-14(3,4)18-6/h13,17H,7-11H2,1-6H3. The molecule has 0 aliphatic rings. The van der Waals surface area contributed by atoms with Gasteiger partial charge in [0.1, 0.15) is 5.54 Å². The van der Waals surface area contributed by atoms with E-state index in [1.54, 1.807) is 7.11 Å². The van der Waals surface area contributed by atoms with Crippen LogP contribution < -0.4 is 5.32 Å². The minimum absolute atomic E-state index is 0.125. The molecule has 0 rings (SSSR count). The maximum Gasteiger partial charge on any atom is 0.104 e. The molecular formula is C15H30N2O2. The van der Waals surface area contributed by atoms with Crippen LogP contribution in [-0.2, 0) is 9.47 Å². The van der Waals surface area contributed by atoms with Crippen LogP contribution in [0.2, 0.25) is 0 Å². The molecule has 0 heterocycles. The predicted octanol–water partition coefficient (Wildman–Crippen LogP) is 2.88. The number of hydrogen-bond acceptors (Lipinski definition) is 4. The molecule has 0 aromatic heterocycles. The lowest BCUT2D eigenvalue weighted by molar-refractivity contribution is -0.0104. The van der Waals surface area contributed by atoms with Gasteiger partial charge in [0.05, 0.1) is 11.7 Å². The van der Waals surface area contributed by atoms with Crippen molar-refractivity contribution >= 4 is 0 Å². The quantitative estimate of drug-likeness (QED) is 0.620. The molecule has 0 radical (unpaired) electrons. The zero-order chi connectivity index (χ0) is 14.9. The first kappa shape index (κ1) is 18.4. The second kappa shape index (κ2) is 8.52. The van der Waals surface area contributed by atoms with E-state index in [9.17, 15) is 5.26 Å². The van der Waals surface area contributed by atoms with E-state index in [4.69, 9.17) is 9.47 Å². The highest BCUT2D eigenvalue weighted by atomic mass is 16.5. The van der Waals surface area contributed by atoms with Crippen molar-refractivity contribution in [3.05, 3.63) is 0 Å². The van der Waals surface area contributed by atoms with Crippen LogP contribution in [0.5, 0.6) is 0 Å². The fraction of sp³-hybridized carbons (Fsp3) is 0.933. The fourth-order valence-corrected chi connectivity index (χ4v) is 1.85. The third-order valence-electron chi connectivity index (χ3n) is 3.22. The molecule has 0 aromatic carbocycles. The van der Waals surface area contributed by atoms with Crippen molar-refractivity contribution in [1.82, 2.24) is 5.32 Å². The zero-order valence-corrected chi connectivity index (χ0v) is 13.4. The van der Waals surface area contributed by atoms with Crippen LogP contribution in [0.3, 0.4) is 0 Å². The molecule has 4 heteroatoms. The predicted molar refractivity (Wildman–Crippen MR) is 78.0 cm³/mol.